The van der Waals surface area contributed by atoms with Gasteiger partial charge in [-0.3, -0.25) is 0 Å². The van der Waals surface area contributed by atoms with Crippen LogP contribution in [0.3, 0.4) is 0 Å². The van der Waals surface area contributed by atoms with Gasteiger partial charge in [0.2, 0.25) is 0 Å². The van der Waals surface area contributed by atoms with Crippen molar-refractivity contribution in [2.75, 3.05) is 5.32 Å². The summed E-state index contributed by atoms with van der Waals surface area (Å²) in [5.74, 6) is -0.125. The Morgan fingerprint density at radius 2 is 1.95 bits per heavy atom. The summed E-state index contributed by atoms with van der Waals surface area (Å²) in [6.07, 6.45) is 2.19. The highest BCUT2D eigenvalue weighted by atomic mass is 19.1. The van der Waals surface area contributed by atoms with E-state index in [1.807, 2.05) is 26.0 Å². The maximum absolute atomic E-state index is 14.3. The van der Waals surface area contributed by atoms with E-state index in [2.05, 4.69) is 24.4 Å². The summed E-state index contributed by atoms with van der Waals surface area (Å²) in [5.41, 5.74) is 6.17. The van der Waals surface area contributed by atoms with E-state index in [0.717, 1.165) is 35.1 Å². The molecule has 2 aromatic carbocycles. The van der Waals surface area contributed by atoms with Gasteiger partial charge in [-0.15, -0.1) is 0 Å². The molecule has 0 amide bonds. The molecule has 1 unspecified atom stereocenters. The molecule has 0 spiro atoms. The topological polar surface area (TPSA) is 12.0 Å². The number of aryl methyl sites for hydroxylation is 3. The first-order valence-corrected chi connectivity index (χ1v) is 7.21. The average Bonchev–Trinajstić information content (AvgIpc) is 2.37. The minimum Gasteiger partial charge on any atom is -0.382 e. The van der Waals surface area contributed by atoms with Crippen LogP contribution in [0.5, 0.6) is 0 Å². The Labute approximate surface area is 119 Å². The molecule has 0 bridgehead atoms. The first-order valence-electron chi connectivity index (χ1n) is 7.21. The zero-order valence-corrected chi connectivity index (χ0v) is 12.3. The van der Waals surface area contributed by atoms with Gasteiger partial charge >= 0.3 is 0 Å². The van der Waals surface area contributed by atoms with Crippen LogP contribution in [-0.4, -0.2) is 6.04 Å². The average molecular weight is 269 g/mol. The molecule has 0 radical (unpaired) electrons. The lowest BCUT2D eigenvalue weighted by Gasteiger charge is -2.25. The van der Waals surface area contributed by atoms with Crippen molar-refractivity contribution in [3.63, 3.8) is 0 Å². The molecular weight excluding hydrogens is 249 g/mol. The summed E-state index contributed by atoms with van der Waals surface area (Å²) in [6, 6.07) is 10.4. The molecule has 1 aliphatic heterocycles. The summed E-state index contributed by atoms with van der Waals surface area (Å²) in [4.78, 5) is 0. The molecule has 2 heteroatoms. The summed E-state index contributed by atoms with van der Waals surface area (Å²) < 4.78 is 14.3. The largest absolute Gasteiger partial charge is 0.382 e. The van der Waals surface area contributed by atoms with Crippen LogP contribution in [0.1, 0.15) is 30.0 Å². The number of rotatable bonds is 1. The molecule has 0 fully saturated rings. The van der Waals surface area contributed by atoms with E-state index in [1.54, 1.807) is 6.07 Å². The Kier molecular flexibility index (Phi) is 3.25. The molecule has 20 heavy (non-hydrogen) atoms. The lowest BCUT2D eigenvalue weighted by Crippen LogP contribution is -2.21. The van der Waals surface area contributed by atoms with Crippen molar-refractivity contribution in [3.05, 3.63) is 52.8 Å². The number of hydrogen-bond donors (Lipinski definition) is 1. The molecule has 1 aliphatic rings. The second kappa shape index (κ2) is 4.93. The van der Waals surface area contributed by atoms with E-state index in [0.29, 0.717) is 6.04 Å². The van der Waals surface area contributed by atoms with Gasteiger partial charge in [0.25, 0.3) is 0 Å². The molecule has 1 nitrogen and oxygen atoms in total. The third-order valence-corrected chi connectivity index (χ3v) is 4.07. The molecule has 1 heterocycles. The quantitative estimate of drug-likeness (QED) is 0.780. The number of anilines is 1. The normalized spacial score (nSPS) is 17.5. The maximum atomic E-state index is 14.3. The molecule has 104 valence electrons. The standard InChI is InChI=1S/C18H20FN/c1-11-8-12(2)18(16(19)9-11)15-6-7-17-14(10-15)5-4-13(3)20-17/h6-10,13,20H,4-5H2,1-3H3. The first kappa shape index (κ1) is 13.2. The Morgan fingerprint density at radius 1 is 1.15 bits per heavy atom. The predicted octanol–water partition coefficient (Wildman–Crippen LogP) is 4.86. The fraction of sp³-hybridized carbons (Fsp3) is 0.333. The van der Waals surface area contributed by atoms with Crippen molar-refractivity contribution in [3.8, 4) is 11.1 Å². The highest BCUT2D eigenvalue weighted by molar-refractivity contribution is 5.72. The second-order valence-electron chi connectivity index (χ2n) is 5.89. The Morgan fingerprint density at radius 3 is 2.70 bits per heavy atom. The fourth-order valence-corrected chi connectivity index (χ4v) is 3.09. The van der Waals surface area contributed by atoms with E-state index in [9.17, 15) is 4.39 Å². The third kappa shape index (κ3) is 2.31. The lowest BCUT2D eigenvalue weighted by molar-refractivity contribution is 0.629. The summed E-state index contributed by atoms with van der Waals surface area (Å²) >= 11 is 0. The van der Waals surface area contributed by atoms with E-state index in [-0.39, 0.29) is 5.82 Å². The van der Waals surface area contributed by atoms with Crippen LogP contribution in [-0.2, 0) is 6.42 Å². The van der Waals surface area contributed by atoms with Crippen LogP contribution in [0.4, 0.5) is 10.1 Å². The van der Waals surface area contributed by atoms with E-state index < -0.39 is 0 Å². The molecule has 0 aromatic heterocycles. The number of nitrogens with one attached hydrogen (secondary N) is 1. The van der Waals surface area contributed by atoms with E-state index in [1.165, 1.54) is 11.3 Å². The van der Waals surface area contributed by atoms with E-state index in [4.69, 9.17) is 0 Å². The third-order valence-electron chi connectivity index (χ3n) is 4.07. The summed E-state index contributed by atoms with van der Waals surface area (Å²) in [7, 11) is 0. The van der Waals surface area contributed by atoms with Gasteiger partial charge in [-0.1, -0.05) is 12.1 Å². The summed E-state index contributed by atoms with van der Waals surface area (Å²) in [6.45, 7) is 6.10. The van der Waals surface area contributed by atoms with Crippen molar-refractivity contribution in [2.24, 2.45) is 0 Å². The van der Waals surface area contributed by atoms with Crippen molar-refractivity contribution < 1.29 is 4.39 Å². The molecule has 1 atom stereocenters. The second-order valence-corrected chi connectivity index (χ2v) is 5.89. The monoisotopic (exact) mass is 269 g/mol. The first-order chi connectivity index (χ1) is 9.54. The van der Waals surface area contributed by atoms with Gasteiger partial charge in [-0.25, -0.2) is 4.39 Å². The zero-order valence-electron chi connectivity index (χ0n) is 12.3. The van der Waals surface area contributed by atoms with Crippen LogP contribution in [0, 0.1) is 19.7 Å². The van der Waals surface area contributed by atoms with Crippen LogP contribution in [0.15, 0.2) is 30.3 Å². The Hall–Kier alpha value is -1.83. The van der Waals surface area contributed by atoms with Crippen molar-refractivity contribution in [1.29, 1.82) is 0 Å². The Balaban J connectivity index is 2.08. The molecule has 1 N–H and O–H groups in total. The highest BCUT2D eigenvalue weighted by Crippen LogP contribution is 2.33. The highest BCUT2D eigenvalue weighted by Gasteiger charge is 2.16. The maximum Gasteiger partial charge on any atom is 0.131 e. The van der Waals surface area contributed by atoms with Gasteiger partial charge in [0.15, 0.2) is 0 Å². The number of fused-ring (bicyclic) bond motifs is 1. The van der Waals surface area contributed by atoms with Gasteiger partial charge in [0.05, 0.1) is 0 Å². The van der Waals surface area contributed by atoms with Gasteiger partial charge < -0.3 is 5.32 Å². The minimum absolute atomic E-state index is 0.125. The number of benzene rings is 2. The molecule has 0 saturated heterocycles. The minimum atomic E-state index is -0.125. The molecule has 0 saturated carbocycles. The molecular formula is C18H20FN. The summed E-state index contributed by atoms with van der Waals surface area (Å²) in [5, 5.41) is 3.48. The van der Waals surface area contributed by atoms with Gasteiger partial charge in [-0.2, -0.15) is 0 Å². The van der Waals surface area contributed by atoms with Crippen LogP contribution >= 0.6 is 0 Å². The van der Waals surface area contributed by atoms with Crippen LogP contribution in [0.2, 0.25) is 0 Å². The van der Waals surface area contributed by atoms with Gasteiger partial charge in [-0.05, 0) is 74.1 Å². The van der Waals surface area contributed by atoms with Crippen LogP contribution in [0.25, 0.3) is 11.1 Å². The molecule has 3 rings (SSSR count). The van der Waals surface area contributed by atoms with E-state index >= 15 is 0 Å². The van der Waals surface area contributed by atoms with Gasteiger partial charge in [0.1, 0.15) is 5.82 Å². The number of halogens is 1. The Bertz CT molecular complexity index is 637. The molecule has 0 aliphatic carbocycles. The smallest absolute Gasteiger partial charge is 0.131 e. The fourth-order valence-electron chi connectivity index (χ4n) is 3.09. The number of hydrogen-bond acceptors (Lipinski definition) is 1. The van der Waals surface area contributed by atoms with Crippen molar-refractivity contribution in [2.45, 2.75) is 39.7 Å². The lowest BCUT2D eigenvalue weighted by atomic mass is 9.92. The predicted molar refractivity (Wildman–Crippen MR) is 82.7 cm³/mol. The van der Waals surface area contributed by atoms with Crippen LogP contribution < -0.4 is 5.32 Å². The van der Waals surface area contributed by atoms with Crippen molar-refractivity contribution in [1.82, 2.24) is 0 Å². The SMILES string of the molecule is Cc1cc(C)c(-c2ccc3c(c2)CCC(C)N3)c(F)c1. The van der Waals surface area contributed by atoms with Gasteiger partial charge in [0, 0.05) is 17.3 Å². The zero-order chi connectivity index (χ0) is 14.3. The van der Waals surface area contributed by atoms with Crippen molar-refractivity contribution >= 4 is 5.69 Å². The molecule has 2 aromatic rings.